The maximum absolute atomic E-state index is 11.8. The van der Waals surface area contributed by atoms with Gasteiger partial charge in [0.2, 0.25) is 6.41 Å². The average Bonchev–Trinajstić information content (AvgIpc) is 2.44. The van der Waals surface area contributed by atoms with Crippen molar-refractivity contribution in [1.29, 1.82) is 0 Å². The molecule has 0 saturated carbocycles. The van der Waals surface area contributed by atoms with E-state index in [9.17, 15) is 9.59 Å². The van der Waals surface area contributed by atoms with Gasteiger partial charge in [0.15, 0.2) is 0 Å². The van der Waals surface area contributed by atoms with Gasteiger partial charge in [-0.05, 0) is 20.8 Å². The summed E-state index contributed by atoms with van der Waals surface area (Å²) >= 11 is 0. The number of nitrogens with zero attached hydrogens (tertiary/aromatic N) is 1. The Kier molecular flexibility index (Phi) is 3.74. The van der Waals surface area contributed by atoms with Gasteiger partial charge in [-0.25, -0.2) is 4.79 Å². The second-order valence-corrected chi connectivity index (χ2v) is 4.93. The molecule has 0 aromatic heterocycles. The molecule has 2 atom stereocenters. The maximum atomic E-state index is 11.8. The molecule has 0 unspecified atom stereocenters. The number of carbonyl (C=O) groups is 2. The van der Waals surface area contributed by atoms with Crippen molar-refractivity contribution < 1.29 is 14.3 Å². The highest BCUT2D eigenvalue weighted by atomic mass is 16.6. The average molecular weight is 229 g/mol. The Labute approximate surface area is 95.1 Å². The van der Waals surface area contributed by atoms with Crippen LogP contribution in [0, 0.1) is 0 Å². The fourth-order valence-corrected chi connectivity index (χ4v) is 1.63. The van der Waals surface area contributed by atoms with E-state index in [4.69, 9.17) is 10.5 Å². The first-order valence-corrected chi connectivity index (χ1v) is 5.28. The second kappa shape index (κ2) is 4.69. The van der Waals surface area contributed by atoms with E-state index in [1.165, 1.54) is 4.90 Å². The number of nitrogens with one attached hydrogen (secondary N) is 1. The Morgan fingerprint density at radius 2 is 2.19 bits per heavy atom. The fourth-order valence-electron chi connectivity index (χ4n) is 1.63. The van der Waals surface area contributed by atoms with Crippen molar-refractivity contribution in [3.05, 3.63) is 0 Å². The Morgan fingerprint density at radius 3 is 2.69 bits per heavy atom. The van der Waals surface area contributed by atoms with Crippen molar-refractivity contribution in [3.63, 3.8) is 0 Å². The molecule has 0 aromatic carbocycles. The first kappa shape index (κ1) is 12.8. The van der Waals surface area contributed by atoms with E-state index in [1.54, 1.807) is 20.8 Å². The van der Waals surface area contributed by atoms with Crippen molar-refractivity contribution in [2.24, 2.45) is 5.73 Å². The van der Waals surface area contributed by atoms with Crippen molar-refractivity contribution in [2.45, 2.75) is 45.0 Å². The molecule has 16 heavy (non-hydrogen) atoms. The summed E-state index contributed by atoms with van der Waals surface area (Å²) < 4.78 is 5.22. The Balaban J connectivity index is 2.63. The summed E-state index contributed by atoms with van der Waals surface area (Å²) in [7, 11) is 0. The minimum Gasteiger partial charge on any atom is -0.444 e. The molecule has 6 nitrogen and oxygen atoms in total. The van der Waals surface area contributed by atoms with Crippen LogP contribution in [0.4, 0.5) is 4.79 Å². The first-order valence-electron chi connectivity index (χ1n) is 5.28. The maximum Gasteiger partial charge on any atom is 0.411 e. The van der Waals surface area contributed by atoms with Crippen LogP contribution < -0.4 is 11.1 Å². The quantitative estimate of drug-likeness (QED) is 0.654. The summed E-state index contributed by atoms with van der Waals surface area (Å²) in [5, 5.41) is 2.56. The van der Waals surface area contributed by atoms with Gasteiger partial charge in [-0.3, -0.25) is 9.69 Å². The van der Waals surface area contributed by atoms with Crippen molar-refractivity contribution in [1.82, 2.24) is 10.2 Å². The van der Waals surface area contributed by atoms with Gasteiger partial charge in [-0.15, -0.1) is 0 Å². The predicted octanol–water partition coefficient (Wildman–Crippen LogP) is 0.0266. The molecular weight excluding hydrogens is 210 g/mol. The number of rotatable bonds is 2. The second-order valence-electron chi connectivity index (χ2n) is 4.93. The van der Waals surface area contributed by atoms with Crippen LogP contribution in [-0.4, -0.2) is 41.8 Å². The van der Waals surface area contributed by atoms with Crippen LogP contribution in [0.25, 0.3) is 0 Å². The summed E-state index contributed by atoms with van der Waals surface area (Å²) in [5.41, 5.74) is 5.20. The third kappa shape index (κ3) is 3.37. The minimum atomic E-state index is -0.546. The third-order valence-electron chi connectivity index (χ3n) is 2.22. The van der Waals surface area contributed by atoms with Crippen molar-refractivity contribution in [2.75, 3.05) is 6.54 Å². The summed E-state index contributed by atoms with van der Waals surface area (Å²) in [5.74, 6) is 0. The van der Waals surface area contributed by atoms with Crippen LogP contribution in [0.3, 0.4) is 0 Å². The lowest BCUT2D eigenvalue weighted by molar-refractivity contribution is -0.110. The molecule has 1 rings (SSSR count). The van der Waals surface area contributed by atoms with Gasteiger partial charge in [0.05, 0.1) is 0 Å². The van der Waals surface area contributed by atoms with E-state index in [0.717, 1.165) is 0 Å². The van der Waals surface area contributed by atoms with E-state index in [2.05, 4.69) is 5.32 Å². The number of ether oxygens (including phenoxy) is 1. The summed E-state index contributed by atoms with van der Waals surface area (Å²) in [4.78, 5) is 23.6. The summed E-state index contributed by atoms with van der Waals surface area (Å²) in [6, 6.07) is -0.120. The largest absolute Gasteiger partial charge is 0.444 e. The van der Waals surface area contributed by atoms with Crippen molar-refractivity contribution >= 4 is 12.5 Å². The number of carbonyl (C=O) groups excluding carboxylic acids is 2. The van der Waals surface area contributed by atoms with E-state index < -0.39 is 11.7 Å². The number of nitrogens with two attached hydrogens (primary N) is 1. The molecular formula is C10H19N3O3. The van der Waals surface area contributed by atoms with Crippen LogP contribution in [0.5, 0.6) is 0 Å². The first-order chi connectivity index (χ1) is 7.33. The Bertz CT molecular complexity index is 275. The molecule has 1 heterocycles. The number of likely N-dealkylation sites (tertiary alicyclic amines) is 1. The zero-order valence-electron chi connectivity index (χ0n) is 9.90. The standard InChI is InChI=1S/C10H19N3O3/c1-10(2,3)16-9(15)13-5-7(11)4-8(13)12-6-14/h6-8H,4-5,11H2,1-3H3,(H,12,14)/t7-,8+/m1/s1. The van der Waals surface area contributed by atoms with Crippen LogP contribution in [0.15, 0.2) is 0 Å². The minimum absolute atomic E-state index is 0.120. The number of hydrogen-bond donors (Lipinski definition) is 2. The van der Waals surface area contributed by atoms with E-state index >= 15 is 0 Å². The van der Waals surface area contributed by atoms with Gasteiger partial charge in [0.25, 0.3) is 0 Å². The van der Waals surface area contributed by atoms with Gasteiger partial charge in [0, 0.05) is 19.0 Å². The lowest BCUT2D eigenvalue weighted by atomic mass is 10.2. The van der Waals surface area contributed by atoms with E-state index in [-0.39, 0.29) is 12.2 Å². The zero-order valence-corrected chi connectivity index (χ0v) is 9.90. The van der Waals surface area contributed by atoms with Gasteiger partial charge in [-0.2, -0.15) is 0 Å². The molecule has 0 radical (unpaired) electrons. The molecule has 1 aliphatic rings. The molecule has 1 saturated heterocycles. The van der Waals surface area contributed by atoms with Crippen LogP contribution in [0.1, 0.15) is 27.2 Å². The molecule has 3 N–H and O–H groups in total. The molecule has 0 spiro atoms. The highest BCUT2D eigenvalue weighted by molar-refractivity contribution is 5.69. The topological polar surface area (TPSA) is 84.7 Å². The van der Waals surface area contributed by atoms with Gasteiger partial charge in [-0.1, -0.05) is 0 Å². The summed E-state index contributed by atoms with van der Waals surface area (Å²) in [6.45, 7) is 5.79. The molecule has 92 valence electrons. The highest BCUT2D eigenvalue weighted by Crippen LogP contribution is 2.18. The van der Waals surface area contributed by atoms with Gasteiger partial charge in [0.1, 0.15) is 11.8 Å². The van der Waals surface area contributed by atoms with Gasteiger partial charge < -0.3 is 15.8 Å². The third-order valence-corrected chi connectivity index (χ3v) is 2.22. The van der Waals surface area contributed by atoms with E-state index in [1.807, 2.05) is 0 Å². The highest BCUT2D eigenvalue weighted by Gasteiger charge is 2.35. The monoisotopic (exact) mass is 229 g/mol. The predicted molar refractivity (Wildman–Crippen MR) is 58.5 cm³/mol. The lowest BCUT2D eigenvalue weighted by Gasteiger charge is -2.27. The SMILES string of the molecule is CC(C)(C)OC(=O)N1C[C@H](N)C[C@H]1NC=O. The van der Waals surface area contributed by atoms with Crippen molar-refractivity contribution in [3.8, 4) is 0 Å². The molecule has 0 bridgehead atoms. The molecule has 0 aliphatic carbocycles. The number of hydrogen-bond acceptors (Lipinski definition) is 4. The molecule has 1 fully saturated rings. The fraction of sp³-hybridized carbons (Fsp3) is 0.800. The zero-order chi connectivity index (χ0) is 12.3. The number of amides is 2. The molecule has 0 aromatic rings. The van der Waals surface area contributed by atoms with Crippen LogP contribution in [0.2, 0.25) is 0 Å². The Morgan fingerprint density at radius 1 is 1.56 bits per heavy atom. The molecule has 6 heteroatoms. The Hall–Kier alpha value is -1.30. The molecule has 1 aliphatic heterocycles. The lowest BCUT2D eigenvalue weighted by Crippen LogP contribution is -2.46. The summed E-state index contributed by atoms with van der Waals surface area (Å²) in [6.07, 6.45) is 0.320. The molecule has 2 amide bonds. The smallest absolute Gasteiger partial charge is 0.411 e. The van der Waals surface area contributed by atoms with Gasteiger partial charge >= 0.3 is 6.09 Å². The van der Waals surface area contributed by atoms with Crippen LogP contribution in [-0.2, 0) is 9.53 Å². The van der Waals surface area contributed by atoms with E-state index in [0.29, 0.717) is 19.4 Å². The normalized spacial score (nSPS) is 25.4. The van der Waals surface area contributed by atoms with Crippen LogP contribution >= 0.6 is 0 Å².